The Morgan fingerprint density at radius 2 is 2.17 bits per heavy atom. The lowest BCUT2D eigenvalue weighted by molar-refractivity contribution is 0.414. The van der Waals surface area contributed by atoms with Gasteiger partial charge in [0.2, 0.25) is 0 Å². The molecule has 1 rings (SSSR count). The van der Waals surface area contributed by atoms with Crippen molar-refractivity contribution in [1.82, 2.24) is 0 Å². The van der Waals surface area contributed by atoms with Crippen molar-refractivity contribution in [3.05, 3.63) is 18.2 Å². The van der Waals surface area contributed by atoms with Crippen LogP contribution in [0.25, 0.3) is 0 Å². The average Bonchev–Trinajstić information content (AvgIpc) is 2.36. The second-order valence-electron chi connectivity index (χ2n) is 4.85. The topological polar surface area (TPSA) is 59.0 Å². The monoisotopic (exact) mass is 264 g/mol. The molecule has 0 saturated carbocycles. The molecule has 0 saturated heterocycles. The third-order valence-corrected chi connectivity index (χ3v) is 3.88. The van der Waals surface area contributed by atoms with Crippen LogP contribution in [-0.4, -0.2) is 12.9 Å². The van der Waals surface area contributed by atoms with E-state index in [0.29, 0.717) is 0 Å². The fraction of sp³-hybridized carbons (Fsp3) is 0.500. The van der Waals surface area contributed by atoms with E-state index in [1.807, 2.05) is 32.0 Å². The highest BCUT2D eigenvalue weighted by atomic mass is 32.2. The van der Waals surface area contributed by atoms with Gasteiger partial charge in [0, 0.05) is 10.6 Å². The molecule has 0 unspecified atom stereocenters. The van der Waals surface area contributed by atoms with Gasteiger partial charge >= 0.3 is 0 Å². The number of hydrogen-bond acceptors (Lipinski definition) is 4. The van der Waals surface area contributed by atoms with Gasteiger partial charge in [-0.05, 0) is 50.6 Å². The van der Waals surface area contributed by atoms with Crippen LogP contribution in [-0.2, 0) is 0 Å². The van der Waals surface area contributed by atoms with Crippen LogP contribution in [0.4, 0.5) is 5.69 Å². The minimum absolute atomic E-state index is 0.236. The van der Waals surface area contributed by atoms with E-state index >= 15 is 0 Å². The van der Waals surface area contributed by atoms with Crippen LogP contribution in [0.1, 0.15) is 26.7 Å². The van der Waals surface area contributed by atoms with Gasteiger partial charge in [-0.3, -0.25) is 0 Å². The summed E-state index contributed by atoms with van der Waals surface area (Å²) >= 11 is 1.71. The van der Waals surface area contributed by atoms with Gasteiger partial charge in [0.1, 0.15) is 5.75 Å². The quantitative estimate of drug-likeness (QED) is 0.483. The fourth-order valence-corrected chi connectivity index (χ4v) is 2.46. The summed E-state index contributed by atoms with van der Waals surface area (Å²) in [5.74, 6) is 1.78. The predicted molar refractivity (Wildman–Crippen MR) is 76.8 cm³/mol. The summed E-state index contributed by atoms with van der Waals surface area (Å²) in [4.78, 5) is 1.05. The van der Waals surface area contributed by atoms with Crippen molar-refractivity contribution in [2.45, 2.75) is 31.6 Å². The highest BCUT2D eigenvalue weighted by Gasteiger charge is 2.15. The van der Waals surface area contributed by atoms with E-state index in [-0.39, 0.29) is 5.41 Å². The fourth-order valence-electron chi connectivity index (χ4n) is 1.52. The molecule has 0 aliphatic rings. The van der Waals surface area contributed by atoms with Crippen LogP contribution in [0.2, 0.25) is 0 Å². The molecule has 1 aromatic rings. The smallest absolute Gasteiger partial charge is 0.120 e. The first-order valence-electron chi connectivity index (χ1n) is 5.96. The van der Waals surface area contributed by atoms with Gasteiger partial charge in [-0.25, -0.2) is 0 Å². The van der Waals surface area contributed by atoms with E-state index in [1.165, 1.54) is 0 Å². The summed E-state index contributed by atoms with van der Waals surface area (Å²) in [6.07, 6.45) is 1.91. The second kappa shape index (κ2) is 6.55. The van der Waals surface area contributed by atoms with E-state index in [4.69, 9.17) is 15.7 Å². The summed E-state index contributed by atoms with van der Waals surface area (Å²) in [5.41, 5.74) is 6.45. The molecule has 4 heteroatoms. The third kappa shape index (κ3) is 4.50. The van der Waals surface area contributed by atoms with Crippen LogP contribution < -0.4 is 10.5 Å². The van der Waals surface area contributed by atoms with E-state index < -0.39 is 0 Å². The van der Waals surface area contributed by atoms with Gasteiger partial charge in [0.05, 0.1) is 18.6 Å². The van der Waals surface area contributed by atoms with Gasteiger partial charge in [-0.2, -0.15) is 5.26 Å². The Hall–Kier alpha value is -1.34. The summed E-state index contributed by atoms with van der Waals surface area (Å²) in [7, 11) is 1.65. The molecular weight excluding hydrogens is 244 g/mol. The standard InChI is InChI=1S/C14H20N2OS/c1-14(2,10-15)7-4-8-18-13-9-11(17-3)5-6-12(13)16/h5-6,9H,4,7-8,16H2,1-3H3. The molecule has 0 spiro atoms. The molecule has 0 bridgehead atoms. The first kappa shape index (κ1) is 14.7. The molecule has 2 N–H and O–H groups in total. The normalized spacial score (nSPS) is 11.0. The predicted octanol–water partition coefficient (Wildman–Crippen LogP) is 3.70. The van der Waals surface area contributed by atoms with Gasteiger partial charge in [-0.1, -0.05) is 0 Å². The first-order chi connectivity index (χ1) is 8.48. The molecule has 0 aromatic heterocycles. The SMILES string of the molecule is COc1ccc(N)c(SCCCC(C)(C)C#N)c1. The number of nitrogen functional groups attached to an aromatic ring is 1. The molecule has 18 heavy (non-hydrogen) atoms. The zero-order valence-corrected chi connectivity index (χ0v) is 12.0. The number of rotatable bonds is 6. The van der Waals surface area contributed by atoms with Crippen LogP contribution in [0.15, 0.2) is 23.1 Å². The number of methoxy groups -OCH3 is 1. The first-order valence-corrected chi connectivity index (χ1v) is 6.94. The van der Waals surface area contributed by atoms with Crippen molar-refractivity contribution in [3.63, 3.8) is 0 Å². The van der Waals surface area contributed by atoms with E-state index in [1.54, 1.807) is 18.9 Å². The lowest BCUT2D eigenvalue weighted by Crippen LogP contribution is -2.07. The maximum atomic E-state index is 8.93. The van der Waals surface area contributed by atoms with Crippen LogP contribution >= 0.6 is 11.8 Å². The highest BCUT2D eigenvalue weighted by Crippen LogP contribution is 2.31. The number of anilines is 1. The number of nitrogens with two attached hydrogens (primary N) is 1. The third-order valence-electron chi connectivity index (χ3n) is 2.73. The van der Waals surface area contributed by atoms with Crippen molar-refractivity contribution < 1.29 is 4.74 Å². The maximum absolute atomic E-state index is 8.93. The van der Waals surface area contributed by atoms with Crippen LogP contribution in [0, 0.1) is 16.7 Å². The molecular formula is C14H20N2OS. The number of thioether (sulfide) groups is 1. The largest absolute Gasteiger partial charge is 0.497 e. The molecule has 0 heterocycles. The van der Waals surface area contributed by atoms with Crippen molar-refractivity contribution in [3.8, 4) is 11.8 Å². The Kier molecular flexibility index (Phi) is 5.36. The molecule has 0 radical (unpaired) electrons. The summed E-state index contributed by atoms with van der Waals surface area (Å²) in [6.45, 7) is 3.94. The molecule has 0 atom stereocenters. The molecule has 0 amide bonds. The number of nitrogens with zero attached hydrogens (tertiary/aromatic N) is 1. The molecule has 1 aromatic carbocycles. The zero-order valence-electron chi connectivity index (χ0n) is 11.2. The van der Waals surface area contributed by atoms with Crippen LogP contribution in [0.3, 0.4) is 0 Å². The number of hydrogen-bond donors (Lipinski definition) is 1. The van der Waals surface area contributed by atoms with Gasteiger partial charge in [0.15, 0.2) is 0 Å². The molecule has 0 aliphatic heterocycles. The Labute approximate surface area is 113 Å². The lowest BCUT2D eigenvalue weighted by atomic mass is 9.90. The molecule has 98 valence electrons. The summed E-state index contributed by atoms with van der Waals surface area (Å²) in [5, 5.41) is 8.93. The van der Waals surface area contributed by atoms with Crippen LogP contribution in [0.5, 0.6) is 5.75 Å². The highest BCUT2D eigenvalue weighted by molar-refractivity contribution is 7.99. The minimum Gasteiger partial charge on any atom is -0.497 e. The number of nitriles is 1. The van der Waals surface area contributed by atoms with Crippen molar-refractivity contribution in [1.29, 1.82) is 5.26 Å². The van der Waals surface area contributed by atoms with Crippen molar-refractivity contribution >= 4 is 17.4 Å². The van der Waals surface area contributed by atoms with Crippen molar-refractivity contribution in [2.75, 3.05) is 18.6 Å². The maximum Gasteiger partial charge on any atom is 0.120 e. The van der Waals surface area contributed by atoms with E-state index in [9.17, 15) is 0 Å². The molecule has 0 fully saturated rings. The van der Waals surface area contributed by atoms with Gasteiger partial charge < -0.3 is 10.5 Å². The Bertz CT molecular complexity index is 438. The Balaban J connectivity index is 2.47. The van der Waals surface area contributed by atoms with Crippen molar-refractivity contribution in [2.24, 2.45) is 5.41 Å². The minimum atomic E-state index is -0.236. The Morgan fingerprint density at radius 1 is 1.44 bits per heavy atom. The van der Waals surface area contributed by atoms with Gasteiger partial charge in [-0.15, -0.1) is 11.8 Å². The second-order valence-corrected chi connectivity index (χ2v) is 5.99. The van der Waals surface area contributed by atoms with Gasteiger partial charge in [0.25, 0.3) is 0 Å². The average molecular weight is 264 g/mol. The van der Waals surface area contributed by atoms with E-state index in [2.05, 4.69) is 6.07 Å². The molecule has 3 nitrogen and oxygen atoms in total. The van der Waals surface area contributed by atoms with E-state index in [0.717, 1.165) is 34.9 Å². The number of benzene rings is 1. The Morgan fingerprint density at radius 3 is 2.78 bits per heavy atom. The summed E-state index contributed by atoms with van der Waals surface area (Å²) < 4.78 is 5.18. The summed E-state index contributed by atoms with van der Waals surface area (Å²) in [6, 6.07) is 7.99. The molecule has 0 aliphatic carbocycles. The lowest BCUT2D eigenvalue weighted by Gasteiger charge is -2.14. The number of ether oxygens (including phenoxy) is 1. The zero-order chi connectivity index (χ0) is 13.6.